The maximum atomic E-state index is 13.4. The number of hydrogen-bond acceptors (Lipinski definition) is 1. The van der Waals surface area contributed by atoms with Crippen molar-refractivity contribution in [3.8, 4) is 0 Å². The number of carbonyl (C=O) groups excluding carboxylic acids is 1. The van der Waals surface area contributed by atoms with Crippen molar-refractivity contribution in [2.24, 2.45) is 0 Å². The van der Waals surface area contributed by atoms with Gasteiger partial charge in [-0.05, 0) is 29.3 Å². The average Bonchev–Trinajstić information content (AvgIpc) is 2.64. The molecule has 0 aliphatic rings. The van der Waals surface area contributed by atoms with Crippen molar-refractivity contribution >= 4 is 23.2 Å². The molecule has 2 nitrogen and oxygen atoms in total. The molecule has 0 fully saturated rings. The van der Waals surface area contributed by atoms with Crippen LogP contribution in [0.25, 0.3) is 11.6 Å². The Bertz CT molecular complexity index is 906. The second-order valence-corrected chi connectivity index (χ2v) is 5.42. The highest BCUT2D eigenvalue weighted by molar-refractivity contribution is 6.29. The summed E-state index contributed by atoms with van der Waals surface area (Å²) in [6.07, 6.45) is 1.75. The van der Waals surface area contributed by atoms with Gasteiger partial charge in [-0.25, -0.2) is 8.78 Å². The van der Waals surface area contributed by atoms with Crippen molar-refractivity contribution in [3.05, 3.63) is 102 Å². The minimum absolute atomic E-state index is 0.193. The predicted octanol–water partition coefficient (Wildman–Crippen LogP) is 5.14. The number of carbonyl (C=O) groups is 1. The van der Waals surface area contributed by atoms with Gasteiger partial charge in [0.25, 0.3) is 5.91 Å². The third-order valence-electron chi connectivity index (χ3n) is 3.62. The van der Waals surface area contributed by atoms with E-state index in [1.54, 1.807) is 6.08 Å². The second kappa shape index (κ2) is 7.53. The van der Waals surface area contributed by atoms with Crippen molar-refractivity contribution in [2.75, 3.05) is 5.32 Å². The Labute approximate surface area is 144 Å². The highest BCUT2D eigenvalue weighted by Gasteiger charge is 2.13. The van der Waals surface area contributed by atoms with Crippen LogP contribution in [0.15, 0.2) is 78.9 Å². The summed E-state index contributed by atoms with van der Waals surface area (Å²) in [6.45, 7) is 0. The molecule has 0 heterocycles. The van der Waals surface area contributed by atoms with Crippen LogP contribution in [0, 0.1) is 11.6 Å². The van der Waals surface area contributed by atoms with Gasteiger partial charge in [0.15, 0.2) is 11.6 Å². The van der Waals surface area contributed by atoms with Crippen LogP contribution in [-0.4, -0.2) is 5.91 Å². The van der Waals surface area contributed by atoms with Crippen LogP contribution < -0.4 is 5.32 Å². The molecule has 0 radical (unpaired) electrons. The van der Waals surface area contributed by atoms with Crippen LogP contribution in [0.4, 0.5) is 14.5 Å². The smallest absolute Gasteiger partial charge is 0.256 e. The molecule has 0 aliphatic heterocycles. The fourth-order valence-electron chi connectivity index (χ4n) is 2.39. The van der Waals surface area contributed by atoms with Crippen molar-refractivity contribution in [1.82, 2.24) is 0 Å². The first-order valence-electron chi connectivity index (χ1n) is 7.72. The molecule has 0 atom stereocenters. The largest absolute Gasteiger partial charge is 0.322 e. The summed E-state index contributed by atoms with van der Waals surface area (Å²) < 4.78 is 26.4. The molecule has 25 heavy (non-hydrogen) atoms. The number of rotatable bonds is 4. The second-order valence-electron chi connectivity index (χ2n) is 5.42. The molecule has 1 N–H and O–H groups in total. The predicted molar refractivity (Wildman–Crippen MR) is 95.7 cm³/mol. The molecule has 1 amide bonds. The van der Waals surface area contributed by atoms with Crippen LogP contribution in [-0.2, 0) is 4.79 Å². The summed E-state index contributed by atoms with van der Waals surface area (Å²) in [5.74, 6) is -2.37. The van der Waals surface area contributed by atoms with Crippen molar-refractivity contribution < 1.29 is 13.6 Å². The van der Waals surface area contributed by atoms with E-state index in [4.69, 9.17) is 0 Å². The van der Waals surface area contributed by atoms with Crippen LogP contribution in [0.2, 0.25) is 0 Å². The number of halogens is 2. The fourth-order valence-corrected chi connectivity index (χ4v) is 2.39. The lowest BCUT2D eigenvalue weighted by Gasteiger charge is -2.10. The van der Waals surface area contributed by atoms with E-state index < -0.39 is 17.5 Å². The summed E-state index contributed by atoms with van der Waals surface area (Å²) in [6, 6.07) is 21.8. The molecule has 3 aromatic rings. The zero-order valence-corrected chi connectivity index (χ0v) is 13.2. The Morgan fingerprint density at radius 2 is 1.44 bits per heavy atom. The monoisotopic (exact) mass is 335 g/mol. The van der Waals surface area contributed by atoms with Gasteiger partial charge in [0.05, 0.1) is 0 Å². The van der Waals surface area contributed by atoms with Gasteiger partial charge >= 0.3 is 0 Å². The fraction of sp³-hybridized carbons (Fsp3) is 0. The summed E-state index contributed by atoms with van der Waals surface area (Å²) in [4.78, 5) is 12.7. The van der Waals surface area contributed by atoms with E-state index in [9.17, 15) is 13.6 Å². The highest BCUT2D eigenvalue weighted by Crippen LogP contribution is 2.21. The highest BCUT2D eigenvalue weighted by atomic mass is 19.2. The average molecular weight is 335 g/mol. The van der Waals surface area contributed by atoms with Gasteiger partial charge in [0, 0.05) is 17.3 Å². The van der Waals surface area contributed by atoms with Gasteiger partial charge in [-0.15, -0.1) is 0 Å². The summed E-state index contributed by atoms with van der Waals surface area (Å²) in [5, 5.41) is 2.61. The molecular formula is C21H15F2NO. The normalized spacial score (nSPS) is 11.2. The number of benzene rings is 3. The van der Waals surface area contributed by atoms with E-state index in [1.165, 1.54) is 6.07 Å². The maximum absolute atomic E-state index is 13.4. The third-order valence-corrected chi connectivity index (χ3v) is 3.62. The van der Waals surface area contributed by atoms with Gasteiger partial charge in [0.2, 0.25) is 0 Å². The molecule has 0 bridgehead atoms. The van der Waals surface area contributed by atoms with Gasteiger partial charge in [-0.2, -0.15) is 0 Å². The molecule has 0 spiro atoms. The zero-order chi connectivity index (χ0) is 17.6. The molecule has 0 saturated carbocycles. The first-order chi connectivity index (χ1) is 12.1. The first kappa shape index (κ1) is 16.6. The van der Waals surface area contributed by atoms with Crippen LogP contribution >= 0.6 is 0 Å². The SMILES string of the molecule is O=C(Nc1ccc(F)c(F)c1)C(=Cc1ccccc1)c1ccccc1. The Hall–Kier alpha value is -3.27. The Morgan fingerprint density at radius 3 is 2.08 bits per heavy atom. The molecule has 0 unspecified atom stereocenters. The Kier molecular flexibility index (Phi) is 5.00. The van der Waals surface area contributed by atoms with Crippen LogP contribution in [0.1, 0.15) is 11.1 Å². The van der Waals surface area contributed by atoms with E-state index in [0.717, 1.165) is 23.3 Å². The van der Waals surface area contributed by atoms with Gasteiger partial charge < -0.3 is 5.32 Å². The molecule has 3 rings (SSSR count). The number of hydrogen-bond donors (Lipinski definition) is 1. The molecular weight excluding hydrogens is 320 g/mol. The lowest BCUT2D eigenvalue weighted by molar-refractivity contribution is -0.111. The quantitative estimate of drug-likeness (QED) is 0.519. The topological polar surface area (TPSA) is 29.1 Å². The van der Waals surface area contributed by atoms with E-state index >= 15 is 0 Å². The number of anilines is 1. The molecule has 0 aliphatic carbocycles. The van der Waals surface area contributed by atoms with Gasteiger partial charge in [-0.3, -0.25) is 4.79 Å². The zero-order valence-electron chi connectivity index (χ0n) is 13.2. The molecule has 0 saturated heterocycles. The number of amides is 1. The molecule has 3 aromatic carbocycles. The maximum Gasteiger partial charge on any atom is 0.256 e. The molecule has 4 heteroatoms. The minimum atomic E-state index is -1.01. The van der Waals surface area contributed by atoms with E-state index in [-0.39, 0.29) is 5.69 Å². The lowest BCUT2D eigenvalue weighted by atomic mass is 10.0. The number of nitrogens with one attached hydrogen (secondary N) is 1. The van der Waals surface area contributed by atoms with Gasteiger partial charge in [0.1, 0.15) is 0 Å². The standard InChI is InChI=1S/C21H15F2NO/c22-19-12-11-17(14-20(19)23)24-21(25)18(16-9-5-2-6-10-16)13-15-7-3-1-4-8-15/h1-14H,(H,24,25). The van der Waals surface area contributed by atoms with E-state index in [0.29, 0.717) is 5.57 Å². The van der Waals surface area contributed by atoms with Crippen LogP contribution in [0.5, 0.6) is 0 Å². The molecule has 0 aromatic heterocycles. The summed E-state index contributed by atoms with van der Waals surface area (Å²) in [7, 11) is 0. The third kappa shape index (κ3) is 4.18. The molecule has 124 valence electrons. The first-order valence-corrected chi connectivity index (χ1v) is 7.72. The summed E-state index contributed by atoms with van der Waals surface area (Å²) in [5.41, 5.74) is 2.21. The van der Waals surface area contributed by atoms with E-state index in [2.05, 4.69) is 5.32 Å². The lowest BCUT2D eigenvalue weighted by Crippen LogP contribution is -2.14. The van der Waals surface area contributed by atoms with Crippen LogP contribution in [0.3, 0.4) is 0 Å². The Balaban J connectivity index is 1.95. The van der Waals surface area contributed by atoms with Crippen molar-refractivity contribution in [2.45, 2.75) is 0 Å². The van der Waals surface area contributed by atoms with Crippen molar-refractivity contribution in [1.29, 1.82) is 0 Å². The van der Waals surface area contributed by atoms with Crippen molar-refractivity contribution in [3.63, 3.8) is 0 Å². The van der Waals surface area contributed by atoms with Gasteiger partial charge in [-0.1, -0.05) is 60.7 Å². The minimum Gasteiger partial charge on any atom is -0.322 e. The van der Waals surface area contributed by atoms with E-state index in [1.807, 2.05) is 60.7 Å². The summed E-state index contributed by atoms with van der Waals surface area (Å²) >= 11 is 0. The Morgan fingerprint density at radius 1 is 0.800 bits per heavy atom.